The van der Waals surface area contributed by atoms with Gasteiger partial charge in [-0.25, -0.2) is 0 Å². The summed E-state index contributed by atoms with van der Waals surface area (Å²) in [5, 5.41) is 11.0. The maximum absolute atomic E-state index is 11.8. The lowest BCUT2D eigenvalue weighted by Gasteiger charge is -2.21. The molecule has 5 heteroatoms. The van der Waals surface area contributed by atoms with Crippen LogP contribution in [0, 0.1) is 0 Å². The Bertz CT molecular complexity index is 581. The second kappa shape index (κ2) is 6.83. The molecular formula is C16H20N4O. The molecule has 21 heavy (non-hydrogen) atoms. The largest absolute Gasteiger partial charge is 0.348 e. The topological polar surface area (TPSA) is 58.1 Å². The molecule has 0 radical (unpaired) electrons. The molecule has 0 fully saturated rings. The van der Waals surface area contributed by atoms with E-state index in [-0.39, 0.29) is 11.9 Å². The number of hydrogen-bond donors (Lipinski definition) is 1. The van der Waals surface area contributed by atoms with E-state index in [4.69, 9.17) is 0 Å². The first kappa shape index (κ1) is 15.0. The van der Waals surface area contributed by atoms with Crippen molar-refractivity contribution in [2.24, 2.45) is 0 Å². The van der Waals surface area contributed by atoms with Gasteiger partial charge in [-0.1, -0.05) is 18.2 Å². The highest BCUT2D eigenvalue weighted by Crippen LogP contribution is 2.21. The maximum Gasteiger partial charge on any atom is 0.271 e. The molecule has 0 spiro atoms. The van der Waals surface area contributed by atoms with Crippen molar-refractivity contribution in [3.63, 3.8) is 0 Å². The molecule has 110 valence electrons. The molecular weight excluding hydrogens is 264 g/mol. The third-order valence-corrected chi connectivity index (χ3v) is 2.96. The highest BCUT2D eigenvalue weighted by Gasteiger charge is 2.12. The van der Waals surface area contributed by atoms with Gasteiger partial charge >= 0.3 is 0 Å². The lowest BCUT2D eigenvalue weighted by atomic mass is 10.2. The van der Waals surface area contributed by atoms with Crippen molar-refractivity contribution in [1.82, 2.24) is 15.5 Å². The quantitative estimate of drug-likeness (QED) is 0.917. The van der Waals surface area contributed by atoms with Crippen molar-refractivity contribution in [3.8, 4) is 0 Å². The first-order chi connectivity index (χ1) is 10.1. The maximum atomic E-state index is 11.8. The molecule has 0 aliphatic carbocycles. The van der Waals surface area contributed by atoms with E-state index in [0.29, 0.717) is 5.69 Å². The van der Waals surface area contributed by atoms with Crippen molar-refractivity contribution >= 4 is 17.4 Å². The van der Waals surface area contributed by atoms with Gasteiger partial charge < -0.3 is 10.2 Å². The van der Waals surface area contributed by atoms with Crippen LogP contribution in [0.25, 0.3) is 0 Å². The summed E-state index contributed by atoms with van der Waals surface area (Å²) in [5.74, 6) is 0.525. The predicted molar refractivity (Wildman–Crippen MR) is 83.8 cm³/mol. The van der Waals surface area contributed by atoms with Crippen LogP contribution in [0.4, 0.5) is 11.5 Å². The first-order valence-corrected chi connectivity index (χ1v) is 7.09. The standard InChI is InChI=1S/C16H20N4O/c1-4-20(13-8-6-5-7-9-13)15-11-10-14(18-19-15)16(21)17-12(2)3/h5-12H,4H2,1-3H3,(H,17,21). The molecule has 0 aliphatic heterocycles. The lowest BCUT2D eigenvalue weighted by Crippen LogP contribution is -2.31. The molecule has 1 aromatic heterocycles. The van der Waals surface area contributed by atoms with E-state index in [1.54, 1.807) is 6.07 Å². The number of rotatable bonds is 5. The van der Waals surface area contributed by atoms with Crippen LogP contribution in [0.3, 0.4) is 0 Å². The average molecular weight is 284 g/mol. The number of aromatic nitrogens is 2. The Labute approximate surface area is 125 Å². The Morgan fingerprint density at radius 1 is 1.14 bits per heavy atom. The first-order valence-electron chi connectivity index (χ1n) is 7.09. The number of para-hydroxylation sites is 1. The average Bonchev–Trinajstić information content (AvgIpc) is 2.49. The van der Waals surface area contributed by atoms with E-state index in [9.17, 15) is 4.79 Å². The Balaban J connectivity index is 2.19. The van der Waals surface area contributed by atoms with Gasteiger partial charge in [-0.05, 0) is 45.0 Å². The van der Waals surface area contributed by atoms with Crippen LogP contribution >= 0.6 is 0 Å². The van der Waals surface area contributed by atoms with Crippen LogP contribution in [-0.4, -0.2) is 28.7 Å². The number of anilines is 2. The lowest BCUT2D eigenvalue weighted by molar-refractivity contribution is 0.0937. The molecule has 1 aromatic carbocycles. The van der Waals surface area contributed by atoms with Crippen molar-refractivity contribution in [1.29, 1.82) is 0 Å². The Hall–Kier alpha value is -2.43. The van der Waals surface area contributed by atoms with E-state index in [1.807, 2.05) is 62.1 Å². The van der Waals surface area contributed by atoms with Gasteiger partial charge in [0, 0.05) is 18.3 Å². The number of carbonyl (C=O) groups excluding carboxylic acids is 1. The summed E-state index contributed by atoms with van der Waals surface area (Å²) in [6, 6.07) is 13.6. The van der Waals surface area contributed by atoms with Crippen LogP contribution < -0.4 is 10.2 Å². The fraction of sp³-hybridized carbons (Fsp3) is 0.312. The van der Waals surface area contributed by atoms with Gasteiger partial charge in [-0.2, -0.15) is 0 Å². The van der Waals surface area contributed by atoms with Crippen LogP contribution in [0.2, 0.25) is 0 Å². The highest BCUT2D eigenvalue weighted by molar-refractivity contribution is 5.92. The molecule has 0 saturated carbocycles. The van der Waals surface area contributed by atoms with Gasteiger partial charge in [-0.3, -0.25) is 4.79 Å². The zero-order valence-electron chi connectivity index (χ0n) is 12.6. The summed E-state index contributed by atoms with van der Waals surface area (Å²) >= 11 is 0. The Morgan fingerprint density at radius 3 is 2.38 bits per heavy atom. The van der Waals surface area contributed by atoms with Gasteiger partial charge in [0.2, 0.25) is 0 Å². The second-order valence-corrected chi connectivity index (χ2v) is 4.98. The second-order valence-electron chi connectivity index (χ2n) is 4.98. The van der Waals surface area contributed by atoms with E-state index in [1.165, 1.54) is 0 Å². The number of amides is 1. The summed E-state index contributed by atoms with van der Waals surface area (Å²) in [5.41, 5.74) is 1.38. The zero-order chi connectivity index (χ0) is 15.2. The highest BCUT2D eigenvalue weighted by atomic mass is 16.2. The van der Waals surface area contributed by atoms with Gasteiger partial charge in [0.1, 0.15) is 0 Å². The normalized spacial score (nSPS) is 10.5. The minimum atomic E-state index is -0.202. The number of hydrogen-bond acceptors (Lipinski definition) is 4. The minimum Gasteiger partial charge on any atom is -0.348 e. The van der Waals surface area contributed by atoms with Gasteiger partial charge in [0.25, 0.3) is 5.91 Å². The van der Waals surface area contributed by atoms with Crippen LogP contribution in [0.1, 0.15) is 31.3 Å². The Morgan fingerprint density at radius 2 is 1.86 bits per heavy atom. The van der Waals surface area contributed by atoms with Crippen molar-refractivity contribution in [2.45, 2.75) is 26.8 Å². The number of benzene rings is 1. The molecule has 0 bridgehead atoms. The third-order valence-electron chi connectivity index (χ3n) is 2.96. The summed E-state index contributed by atoms with van der Waals surface area (Å²) in [6.45, 7) is 6.64. The summed E-state index contributed by atoms with van der Waals surface area (Å²) < 4.78 is 0. The van der Waals surface area contributed by atoms with Crippen LogP contribution in [0.5, 0.6) is 0 Å². The smallest absolute Gasteiger partial charge is 0.271 e. The minimum absolute atomic E-state index is 0.0791. The number of nitrogens with zero attached hydrogens (tertiary/aromatic N) is 3. The van der Waals surface area contributed by atoms with E-state index < -0.39 is 0 Å². The van der Waals surface area contributed by atoms with Crippen molar-refractivity contribution in [3.05, 3.63) is 48.2 Å². The molecule has 5 nitrogen and oxygen atoms in total. The molecule has 2 aromatic rings. The van der Waals surface area contributed by atoms with Crippen molar-refractivity contribution in [2.75, 3.05) is 11.4 Å². The third kappa shape index (κ3) is 3.78. The fourth-order valence-electron chi connectivity index (χ4n) is 2.01. The molecule has 0 unspecified atom stereocenters. The van der Waals surface area contributed by atoms with Gasteiger partial charge in [0.15, 0.2) is 11.5 Å². The molecule has 0 aliphatic rings. The fourth-order valence-corrected chi connectivity index (χ4v) is 2.01. The van der Waals surface area contributed by atoms with Gasteiger partial charge in [-0.15, -0.1) is 10.2 Å². The van der Waals surface area contributed by atoms with E-state index in [2.05, 4.69) is 15.5 Å². The molecule has 0 saturated heterocycles. The van der Waals surface area contributed by atoms with Gasteiger partial charge in [0.05, 0.1) is 0 Å². The molecule has 1 heterocycles. The summed E-state index contributed by atoms with van der Waals surface area (Å²) in [7, 11) is 0. The monoisotopic (exact) mass is 284 g/mol. The summed E-state index contributed by atoms with van der Waals surface area (Å²) in [4.78, 5) is 13.9. The SMILES string of the molecule is CCN(c1ccccc1)c1ccc(C(=O)NC(C)C)nn1. The van der Waals surface area contributed by atoms with E-state index >= 15 is 0 Å². The molecule has 0 atom stereocenters. The van der Waals surface area contributed by atoms with Crippen LogP contribution in [-0.2, 0) is 0 Å². The Kier molecular flexibility index (Phi) is 4.87. The number of nitrogens with one attached hydrogen (secondary N) is 1. The summed E-state index contributed by atoms with van der Waals surface area (Å²) in [6.07, 6.45) is 0. The molecule has 1 N–H and O–H groups in total. The zero-order valence-corrected chi connectivity index (χ0v) is 12.6. The van der Waals surface area contributed by atoms with Crippen molar-refractivity contribution < 1.29 is 4.79 Å². The van der Waals surface area contributed by atoms with E-state index in [0.717, 1.165) is 18.1 Å². The van der Waals surface area contributed by atoms with Crippen LogP contribution in [0.15, 0.2) is 42.5 Å². The predicted octanol–water partition coefficient (Wildman–Crippen LogP) is 2.77. The number of carbonyl (C=O) groups is 1. The molecule has 1 amide bonds. The molecule has 2 rings (SSSR count).